The summed E-state index contributed by atoms with van der Waals surface area (Å²) >= 11 is 0. The minimum Gasteiger partial charge on any atom is -0.371 e. The highest BCUT2D eigenvalue weighted by atomic mass is 16.1. The van der Waals surface area contributed by atoms with Crippen molar-refractivity contribution in [3.63, 3.8) is 0 Å². The number of carbonyl (C=O) groups is 1. The topological polar surface area (TPSA) is 84.1 Å². The van der Waals surface area contributed by atoms with E-state index in [0.717, 1.165) is 47.3 Å². The van der Waals surface area contributed by atoms with Gasteiger partial charge in [-0.25, -0.2) is 0 Å². The Bertz CT molecular complexity index is 1260. The summed E-state index contributed by atoms with van der Waals surface area (Å²) in [5.41, 5.74) is 8.79. The standard InChI is InChI=1S/C23H26N4O2/c1-26-14-18(16-4-9-25-21(16)22(26)29)17-12-15(13-20(24)28)2-3-19(17)27-10-7-23(5-6-23)8-11-27/h2-4,9,12,14,25H,5-8,10-11,13H2,1H3,(H2,24,28)/i1D3. The summed E-state index contributed by atoms with van der Waals surface area (Å²) in [7, 11) is 0. The van der Waals surface area contributed by atoms with Gasteiger partial charge in [0.1, 0.15) is 5.52 Å². The summed E-state index contributed by atoms with van der Waals surface area (Å²) in [5.74, 6) is -0.434. The van der Waals surface area contributed by atoms with Gasteiger partial charge in [0.05, 0.1) is 6.42 Å². The molecule has 1 amide bonds. The van der Waals surface area contributed by atoms with Crippen molar-refractivity contribution in [2.24, 2.45) is 18.1 Å². The van der Waals surface area contributed by atoms with Crippen LogP contribution in [0.4, 0.5) is 5.69 Å². The number of hydrogen-bond donors (Lipinski definition) is 2. The Morgan fingerprint density at radius 1 is 1.21 bits per heavy atom. The lowest BCUT2D eigenvalue weighted by molar-refractivity contribution is -0.117. The number of aromatic amines is 1. The summed E-state index contributed by atoms with van der Waals surface area (Å²) < 4.78 is 24.3. The Kier molecular flexibility index (Phi) is 3.34. The lowest BCUT2D eigenvalue weighted by Gasteiger charge is -2.35. The van der Waals surface area contributed by atoms with E-state index in [1.165, 1.54) is 19.0 Å². The molecule has 29 heavy (non-hydrogen) atoms. The third-order valence-corrected chi connectivity index (χ3v) is 6.58. The van der Waals surface area contributed by atoms with Gasteiger partial charge in [0.2, 0.25) is 5.91 Å². The predicted molar refractivity (Wildman–Crippen MR) is 115 cm³/mol. The van der Waals surface area contributed by atoms with Gasteiger partial charge in [-0.15, -0.1) is 0 Å². The Morgan fingerprint density at radius 2 is 2.00 bits per heavy atom. The maximum atomic E-state index is 12.8. The van der Waals surface area contributed by atoms with E-state index in [4.69, 9.17) is 9.85 Å². The van der Waals surface area contributed by atoms with Gasteiger partial charge in [0.25, 0.3) is 5.56 Å². The molecule has 5 rings (SSSR count). The number of H-pyrrole nitrogens is 1. The fraction of sp³-hybridized carbons (Fsp3) is 0.391. The largest absolute Gasteiger partial charge is 0.371 e. The first-order valence-corrected chi connectivity index (χ1v) is 10.1. The van der Waals surface area contributed by atoms with Crippen LogP contribution in [0.25, 0.3) is 22.0 Å². The average molecular weight is 394 g/mol. The normalized spacial score (nSPS) is 19.7. The van der Waals surface area contributed by atoms with E-state index in [1.54, 1.807) is 12.3 Å². The molecule has 1 aliphatic carbocycles. The monoisotopic (exact) mass is 393 g/mol. The van der Waals surface area contributed by atoms with Crippen molar-refractivity contribution in [2.75, 3.05) is 18.0 Å². The number of aryl methyl sites for hydroxylation is 1. The van der Waals surface area contributed by atoms with E-state index >= 15 is 0 Å². The first-order valence-electron chi connectivity index (χ1n) is 11.6. The molecule has 2 fully saturated rings. The number of nitrogens with zero attached hydrogens (tertiary/aromatic N) is 2. The SMILES string of the molecule is [2H]C([2H])([2H])n1cc(-c2cc(CC(N)=O)ccc2N2CCC3(CC2)CC3)c2cc[nH]c2c1=O. The van der Waals surface area contributed by atoms with Gasteiger partial charge in [0.15, 0.2) is 0 Å². The second kappa shape index (κ2) is 6.51. The van der Waals surface area contributed by atoms with Crippen LogP contribution in [0, 0.1) is 5.41 Å². The van der Waals surface area contributed by atoms with Crippen LogP contribution in [0.3, 0.4) is 0 Å². The third kappa shape index (κ3) is 3.12. The second-order valence-corrected chi connectivity index (χ2v) is 8.47. The number of aromatic nitrogens is 2. The average Bonchev–Trinajstić information content (AvgIpc) is 3.28. The molecule has 0 unspecified atom stereocenters. The van der Waals surface area contributed by atoms with Crippen molar-refractivity contribution in [3.05, 3.63) is 52.6 Å². The van der Waals surface area contributed by atoms with Gasteiger partial charge in [-0.1, -0.05) is 6.07 Å². The molecule has 6 nitrogen and oxygen atoms in total. The number of piperidine rings is 1. The number of carbonyl (C=O) groups excluding carboxylic acids is 1. The van der Waals surface area contributed by atoms with Crippen molar-refractivity contribution >= 4 is 22.5 Å². The molecule has 0 bridgehead atoms. The molecular weight excluding hydrogens is 364 g/mol. The van der Waals surface area contributed by atoms with Gasteiger partial charge >= 0.3 is 0 Å². The molecule has 3 aromatic rings. The molecule has 1 saturated heterocycles. The first kappa shape index (κ1) is 14.9. The number of nitrogens with two attached hydrogens (primary N) is 1. The lowest BCUT2D eigenvalue weighted by Crippen LogP contribution is -2.34. The Morgan fingerprint density at radius 3 is 2.69 bits per heavy atom. The number of hydrogen-bond acceptors (Lipinski definition) is 3. The smallest absolute Gasteiger partial charge is 0.274 e. The number of amides is 1. The van der Waals surface area contributed by atoms with Crippen LogP contribution in [0.5, 0.6) is 0 Å². The van der Waals surface area contributed by atoms with Crippen LogP contribution in [0.15, 0.2) is 41.5 Å². The number of primary amides is 1. The maximum absolute atomic E-state index is 12.8. The minimum absolute atomic E-state index is 0.0889. The summed E-state index contributed by atoms with van der Waals surface area (Å²) in [5, 5.41) is 0.656. The van der Waals surface area contributed by atoms with E-state index < -0.39 is 18.4 Å². The maximum Gasteiger partial charge on any atom is 0.274 e. The van der Waals surface area contributed by atoms with Crippen LogP contribution < -0.4 is 16.2 Å². The zero-order valence-corrected chi connectivity index (χ0v) is 16.2. The number of benzene rings is 1. The summed E-state index contributed by atoms with van der Waals surface area (Å²) in [6.45, 7) is -0.756. The summed E-state index contributed by atoms with van der Waals surface area (Å²) in [6, 6.07) is 7.58. The van der Waals surface area contributed by atoms with Gasteiger partial charge in [0, 0.05) is 58.8 Å². The second-order valence-electron chi connectivity index (χ2n) is 8.47. The first-order chi connectivity index (χ1) is 15.2. The predicted octanol–water partition coefficient (Wildman–Crippen LogP) is 2.94. The molecule has 2 aromatic heterocycles. The Balaban J connectivity index is 1.70. The molecule has 150 valence electrons. The number of pyridine rings is 1. The van der Waals surface area contributed by atoms with E-state index in [1.807, 2.05) is 18.2 Å². The van der Waals surface area contributed by atoms with Crippen LogP contribution in [-0.4, -0.2) is 28.5 Å². The molecular formula is C23H26N4O2. The fourth-order valence-electron chi connectivity index (χ4n) is 4.65. The van der Waals surface area contributed by atoms with Crippen molar-refractivity contribution < 1.29 is 8.91 Å². The molecule has 1 spiro atoms. The number of anilines is 1. The van der Waals surface area contributed by atoms with E-state index in [9.17, 15) is 9.59 Å². The minimum atomic E-state index is -2.61. The molecule has 0 atom stereocenters. The number of fused-ring (bicyclic) bond motifs is 1. The Hall–Kier alpha value is -3.02. The molecule has 0 radical (unpaired) electrons. The zero-order chi connectivity index (χ0) is 22.7. The zero-order valence-electron chi connectivity index (χ0n) is 19.2. The van der Waals surface area contributed by atoms with Crippen molar-refractivity contribution in [2.45, 2.75) is 32.1 Å². The number of nitrogens with one attached hydrogen (secondary N) is 1. The van der Waals surface area contributed by atoms with Crippen molar-refractivity contribution in [3.8, 4) is 11.1 Å². The van der Waals surface area contributed by atoms with Gasteiger partial charge in [-0.3, -0.25) is 9.59 Å². The quantitative estimate of drug-likeness (QED) is 0.715. The van der Waals surface area contributed by atoms with Crippen LogP contribution in [0.1, 0.15) is 35.4 Å². The van der Waals surface area contributed by atoms with Crippen LogP contribution >= 0.6 is 0 Å². The van der Waals surface area contributed by atoms with Gasteiger partial charge < -0.3 is 20.2 Å². The highest BCUT2D eigenvalue weighted by Gasteiger charge is 2.44. The van der Waals surface area contributed by atoms with Gasteiger partial charge in [-0.05, 0) is 54.9 Å². The molecule has 6 heteroatoms. The fourth-order valence-corrected chi connectivity index (χ4v) is 4.65. The molecule has 1 saturated carbocycles. The number of rotatable bonds is 4. The molecule has 2 aliphatic rings. The summed E-state index contributed by atoms with van der Waals surface area (Å²) in [4.78, 5) is 29.6. The highest BCUT2D eigenvalue weighted by molar-refractivity contribution is 5.98. The molecule has 3 heterocycles. The van der Waals surface area contributed by atoms with Crippen LogP contribution in [0.2, 0.25) is 0 Å². The van der Waals surface area contributed by atoms with E-state index in [-0.39, 0.29) is 11.9 Å². The summed E-state index contributed by atoms with van der Waals surface area (Å²) in [6.07, 6.45) is 8.05. The van der Waals surface area contributed by atoms with E-state index in [2.05, 4.69) is 9.88 Å². The Labute approximate surface area is 173 Å². The van der Waals surface area contributed by atoms with E-state index in [0.29, 0.717) is 16.4 Å². The molecule has 1 aromatic carbocycles. The van der Waals surface area contributed by atoms with Gasteiger partial charge in [-0.2, -0.15) is 0 Å². The van der Waals surface area contributed by atoms with Crippen molar-refractivity contribution in [1.29, 1.82) is 0 Å². The molecule has 1 aliphatic heterocycles. The molecule has 3 N–H and O–H groups in total. The van der Waals surface area contributed by atoms with Crippen molar-refractivity contribution in [1.82, 2.24) is 9.55 Å². The third-order valence-electron chi connectivity index (χ3n) is 6.58. The van der Waals surface area contributed by atoms with Crippen LogP contribution in [-0.2, 0) is 18.2 Å². The lowest BCUT2D eigenvalue weighted by atomic mass is 9.91. The highest BCUT2D eigenvalue weighted by Crippen LogP contribution is 2.54.